The molecule has 1 heterocycles. The fourth-order valence-electron chi connectivity index (χ4n) is 5.07. The average molecular weight is 630 g/mol. The summed E-state index contributed by atoms with van der Waals surface area (Å²) in [4.78, 5) is 28.6. The zero-order valence-corrected chi connectivity index (χ0v) is 26.1. The number of rotatable bonds is 11. The number of amides is 2. The van der Waals surface area contributed by atoms with Crippen LogP contribution in [0.1, 0.15) is 11.1 Å². The molecule has 1 aliphatic rings. The molecule has 0 radical (unpaired) electrons. The molecule has 45 heavy (non-hydrogen) atoms. The first-order valence-corrected chi connectivity index (χ1v) is 15.8. The van der Waals surface area contributed by atoms with Gasteiger partial charge in [-0.2, -0.15) is 0 Å². The maximum atomic E-state index is 14.2. The molecule has 4 aromatic carbocycles. The zero-order chi connectivity index (χ0) is 32.0. The monoisotopic (exact) mass is 629 g/mol. The van der Waals surface area contributed by atoms with Gasteiger partial charge in [-0.25, -0.2) is 8.42 Å². The summed E-state index contributed by atoms with van der Waals surface area (Å²) in [5.41, 5.74) is 2.48. The molecule has 0 saturated carbocycles. The van der Waals surface area contributed by atoms with Crippen molar-refractivity contribution in [1.82, 2.24) is 5.32 Å². The van der Waals surface area contributed by atoms with E-state index in [2.05, 4.69) is 5.32 Å². The largest absolute Gasteiger partial charge is 0.497 e. The summed E-state index contributed by atoms with van der Waals surface area (Å²) in [5.74, 6) is 0.107. The molecule has 10 nitrogen and oxygen atoms in total. The van der Waals surface area contributed by atoms with Crippen LogP contribution < -0.4 is 28.7 Å². The number of benzene rings is 4. The van der Waals surface area contributed by atoms with Crippen molar-refractivity contribution in [2.45, 2.75) is 24.3 Å². The lowest BCUT2D eigenvalue weighted by molar-refractivity contribution is -0.128. The lowest BCUT2D eigenvalue weighted by atomic mass is 10.1. The Morgan fingerprint density at radius 3 is 2.36 bits per heavy atom. The van der Waals surface area contributed by atoms with Gasteiger partial charge < -0.3 is 24.4 Å². The Hall–Kier alpha value is -5.03. The lowest BCUT2D eigenvalue weighted by Gasteiger charge is -2.35. The van der Waals surface area contributed by atoms with E-state index in [4.69, 9.17) is 14.2 Å². The third-order valence-electron chi connectivity index (χ3n) is 7.45. The molecule has 234 valence electrons. The summed E-state index contributed by atoms with van der Waals surface area (Å²) < 4.78 is 46.2. The molecule has 0 aromatic heterocycles. The first-order valence-electron chi connectivity index (χ1n) is 14.4. The van der Waals surface area contributed by atoms with E-state index in [1.807, 2.05) is 30.3 Å². The zero-order valence-electron chi connectivity index (χ0n) is 25.3. The molecule has 0 spiro atoms. The van der Waals surface area contributed by atoms with Gasteiger partial charge in [0.05, 0.1) is 32.1 Å². The van der Waals surface area contributed by atoms with Crippen molar-refractivity contribution in [2.24, 2.45) is 0 Å². The normalized spacial score (nSPS) is 14.1. The molecule has 0 bridgehead atoms. The van der Waals surface area contributed by atoms with Crippen LogP contribution in [-0.2, 0) is 26.0 Å². The van der Waals surface area contributed by atoms with E-state index in [0.717, 1.165) is 9.87 Å². The number of ether oxygens (including phenoxy) is 3. The van der Waals surface area contributed by atoms with E-state index in [9.17, 15) is 18.0 Å². The predicted molar refractivity (Wildman–Crippen MR) is 172 cm³/mol. The fraction of sp³-hybridized carbons (Fsp3) is 0.235. The molecule has 0 saturated heterocycles. The average Bonchev–Trinajstić information content (AvgIpc) is 3.07. The molecule has 4 aromatic rings. The van der Waals surface area contributed by atoms with Gasteiger partial charge in [0.1, 0.15) is 28.7 Å². The molecule has 0 unspecified atom stereocenters. The third-order valence-corrected chi connectivity index (χ3v) is 9.24. The van der Waals surface area contributed by atoms with Gasteiger partial charge >= 0.3 is 0 Å². The van der Waals surface area contributed by atoms with E-state index in [-0.39, 0.29) is 28.8 Å². The van der Waals surface area contributed by atoms with Crippen molar-refractivity contribution in [1.29, 1.82) is 0 Å². The Balaban J connectivity index is 1.44. The summed E-state index contributed by atoms with van der Waals surface area (Å²) in [6.07, 6.45) is -0.363. The molecule has 5 rings (SSSR count). The van der Waals surface area contributed by atoms with Gasteiger partial charge in [-0.3, -0.25) is 13.9 Å². The smallest absolute Gasteiger partial charge is 0.268 e. The Kier molecular flexibility index (Phi) is 9.58. The molecule has 11 heteroatoms. The fourth-order valence-corrected chi connectivity index (χ4v) is 6.73. The summed E-state index contributed by atoms with van der Waals surface area (Å²) >= 11 is 0. The van der Waals surface area contributed by atoms with E-state index < -0.39 is 28.6 Å². The second-order valence-electron chi connectivity index (χ2n) is 10.5. The molecule has 1 N–H and O–H groups in total. The maximum Gasteiger partial charge on any atom is 0.268 e. The number of methoxy groups -OCH3 is 2. The Labute approximate surface area is 263 Å². The Bertz CT molecular complexity index is 1760. The number of fused-ring (bicyclic) bond motifs is 1. The highest BCUT2D eigenvalue weighted by Crippen LogP contribution is 2.35. The number of sulfonamides is 1. The summed E-state index contributed by atoms with van der Waals surface area (Å²) in [5, 5.41) is 2.90. The van der Waals surface area contributed by atoms with Crippen molar-refractivity contribution in [3.63, 3.8) is 0 Å². The van der Waals surface area contributed by atoms with Crippen molar-refractivity contribution in [3.8, 4) is 17.2 Å². The van der Waals surface area contributed by atoms with E-state index in [1.54, 1.807) is 67.6 Å². The highest BCUT2D eigenvalue weighted by molar-refractivity contribution is 7.93. The number of aryl methyl sites for hydroxylation is 1. The minimum atomic E-state index is -4.31. The highest BCUT2D eigenvalue weighted by atomic mass is 32.2. The lowest BCUT2D eigenvalue weighted by Crippen LogP contribution is -2.53. The van der Waals surface area contributed by atoms with Crippen molar-refractivity contribution < 1.29 is 32.2 Å². The summed E-state index contributed by atoms with van der Waals surface area (Å²) in [7, 11) is -1.41. The first kappa shape index (κ1) is 31.4. The predicted octanol–water partition coefficient (Wildman–Crippen LogP) is 4.36. The van der Waals surface area contributed by atoms with Crippen LogP contribution in [0.25, 0.3) is 0 Å². The number of nitrogens with one attached hydrogen (secondary N) is 1. The quantitative estimate of drug-likeness (QED) is 0.262. The molecule has 0 fully saturated rings. The van der Waals surface area contributed by atoms with Crippen LogP contribution in [0.15, 0.2) is 102 Å². The minimum absolute atomic E-state index is 0.0772. The first-order chi connectivity index (χ1) is 21.7. The van der Waals surface area contributed by atoms with Crippen LogP contribution in [0, 0.1) is 6.92 Å². The van der Waals surface area contributed by atoms with Crippen molar-refractivity contribution in [3.05, 3.63) is 108 Å². The van der Waals surface area contributed by atoms with Crippen LogP contribution in [0.5, 0.6) is 17.2 Å². The van der Waals surface area contributed by atoms with E-state index in [0.29, 0.717) is 35.7 Å². The molecule has 1 aliphatic heterocycles. The number of para-hydroxylation sites is 2. The molecule has 1 atom stereocenters. The number of nitrogens with zero attached hydrogens (tertiary/aromatic N) is 2. The number of hydrogen-bond acceptors (Lipinski definition) is 7. The van der Waals surface area contributed by atoms with Gasteiger partial charge in [0.15, 0.2) is 6.10 Å². The van der Waals surface area contributed by atoms with Gasteiger partial charge in [0.2, 0.25) is 5.91 Å². The van der Waals surface area contributed by atoms with Gasteiger partial charge in [0.25, 0.3) is 15.9 Å². The summed E-state index contributed by atoms with van der Waals surface area (Å²) in [6, 6.07) is 27.9. The highest BCUT2D eigenvalue weighted by Gasteiger charge is 2.37. The number of anilines is 2. The van der Waals surface area contributed by atoms with Gasteiger partial charge in [0, 0.05) is 6.54 Å². The van der Waals surface area contributed by atoms with Crippen LogP contribution in [0.2, 0.25) is 0 Å². The number of carbonyl (C=O) groups excluding carboxylic acids is 2. The third kappa shape index (κ3) is 7.04. The molecular weight excluding hydrogens is 594 g/mol. The van der Waals surface area contributed by atoms with E-state index >= 15 is 0 Å². The SMILES string of the molecule is COc1ccc(N(CC(=O)N2C[C@@H](C(=O)NCCc3ccccc3)Oc3ccccc32)S(=O)(=O)c2cc(C)ccc2OC)cc1. The minimum Gasteiger partial charge on any atom is -0.497 e. The second-order valence-corrected chi connectivity index (χ2v) is 12.3. The van der Waals surface area contributed by atoms with Crippen LogP contribution in [0.4, 0.5) is 11.4 Å². The Morgan fingerprint density at radius 2 is 1.64 bits per heavy atom. The Morgan fingerprint density at radius 1 is 0.933 bits per heavy atom. The molecular formula is C34H35N3O7S. The summed E-state index contributed by atoms with van der Waals surface area (Å²) in [6.45, 7) is 1.51. The number of carbonyl (C=O) groups is 2. The van der Waals surface area contributed by atoms with Crippen LogP contribution in [0.3, 0.4) is 0 Å². The van der Waals surface area contributed by atoms with Crippen molar-refractivity contribution in [2.75, 3.05) is 43.1 Å². The topological polar surface area (TPSA) is 114 Å². The van der Waals surface area contributed by atoms with Gasteiger partial charge in [-0.15, -0.1) is 0 Å². The van der Waals surface area contributed by atoms with Crippen LogP contribution >= 0.6 is 0 Å². The maximum absolute atomic E-state index is 14.2. The number of hydrogen-bond donors (Lipinski definition) is 1. The standard InChI is InChI=1S/C34H35N3O7S/c1-24-13-18-30(43-3)32(21-24)45(40,41)37(26-14-16-27(42-2)17-15-26)23-33(38)36-22-31(44-29-12-8-7-11-28(29)36)34(39)35-20-19-25-9-5-4-6-10-25/h4-18,21,31H,19-20,22-23H2,1-3H3,(H,35,39)/t31-/m0/s1. The van der Waals surface area contributed by atoms with Gasteiger partial charge in [-0.05, 0) is 73.0 Å². The second kappa shape index (κ2) is 13.7. The molecule has 2 amide bonds. The van der Waals surface area contributed by atoms with Crippen LogP contribution in [-0.4, -0.2) is 60.2 Å². The van der Waals surface area contributed by atoms with Crippen molar-refractivity contribution >= 4 is 33.2 Å². The van der Waals surface area contributed by atoms with E-state index in [1.165, 1.54) is 25.2 Å². The molecule has 0 aliphatic carbocycles. The van der Waals surface area contributed by atoms with Gasteiger partial charge in [-0.1, -0.05) is 48.5 Å².